The first-order chi connectivity index (χ1) is 43.9. The number of hydrogen-bond acceptors (Lipinski definition) is 14. The molecule has 18 heteroatoms. The number of aryl methyl sites for hydroxylation is 12. The number of rotatable bonds is 2. The van der Waals surface area contributed by atoms with Crippen LogP contribution in [0.25, 0.3) is 15.7 Å². The van der Waals surface area contributed by atoms with Crippen LogP contribution >= 0.6 is 0 Å². The zero-order valence-electron chi connectivity index (χ0n) is 54.2. The number of fused-ring (bicyclic) bond motifs is 1. The lowest BCUT2D eigenvalue weighted by Crippen LogP contribution is -2.02. The minimum Gasteiger partial charge on any atom is -0.508 e. The first-order valence-corrected chi connectivity index (χ1v) is 28.5. The van der Waals surface area contributed by atoms with Crippen molar-refractivity contribution in [1.82, 2.24) is 35.2 Å². The van der Waals surface area contributed by atoms with Crippen molar-refractivity contribution in [3.05, 3.63) is 338 Å². The van der Waals surface area contributed by atoms with Crippen LogP contribution in [0.5, 0.6) is 11.5 Å². The van der Waals surface area contributed by atoms with E-state index in [1.54, 1.807) is 69.0 Å². The molecular formula is C74H79F2N9O7. The molecule has 476 valence electrons. The fourth-order valence-electron chi connectivity index (χ4n) is 6.42. The van der Waals surface area contributed by atoms with E-state index in [9.17, 15) is 23.7 Å². The Hall–Kier alpha value is -11.5. The molecule has 0 fully saturated rings. The second kappa shape index (κ2) is 44.9. The SMILES string of the molecule is CC(=O)Oc1ccccc1C.Cc1ccc(C)cc1.Cc1ccc(F)c(F)c1.Cc1ccc([N+](=O)[O-])cc1.Cc1ccccc1O.Cc1cccnc1.Cc1ccno1.Cc1cnc2ccccc2c1.Cc1cncnc1.Cc1ncon1.[C-]#[N+]c1ccc(C)cc1. The van der Waals surface area contributed by atoms with Crippen LogP contribution in [-0.4, -0.2) is 51.2 Å². The van der Waals surface area contributed by atoms with Crippen molar-refractivity contribution in [2.75, 3.05) is 0 Å². The summed E-state index contributed by atoms with van der Waals surface area (Å²) in [6.07, 6.45) is 13.5. The van der Waals surface area contributed by atoms with E-state index < -0.39 is 16.6 Å². The van der Waals surface area contributed by atoms with Gasteiger partial charge < -0.3 is 18.9 Å². The molecule has 0 unspecified atom stereocenters. The molecule has 1 N–H and O–H groups in total. The summed E-state index contributed by atoms with van der Waals surface area (Å²) in [5, 5.41) is 27.1. The maximum atomic E-state index is 12.2. The summed E-state index contributed by atoms with van der Waals surface area (Å²) < 4.78 is 38.2. The highest BCUT2D eigenvalue weighted by atomic mass is 19.2. The molecule has 16 nitrogen and oxygen atoms in total. The zero-order valence-corrected chi connectivity index (χ0v) is 54.2. The molecule has 0 amide bonds. The second-order valence-corrected chi connectivity index (χ2v) is 20.0. The highest BCUT2D eigenvalue weighted by Gasteiger charge is 2.02. The van der Waals surface area contributed by atoms with Crippen LogP contribution < -0.4 is 4.74 Å². The number of nitro groups is 1. The summed E-state index contributed by atoms with van der Waals surface area (Å²) in [5.74, 6) is 0.687. The summed E-state index contributed by atoms with van der Waals surface area (Å²) in [6, 6.07) is 56.9. The van der Waals surface area contributed by atoms with Crippen LogP contribution in [0, 0.1) is 111 Å². The second-order valence-electron chi connectivity index (χ2n) is 20.0. The molecule has 0 bridgehead atoms. The number of pyridine rings is 2. The number of carbonyl (C=O) groups excluding carboxylic acids is 1. The van der Waals surface area contributed by atoms with Crippen LogP contribution in [-0.2, 0) is 4.79 Å². The molecule has 5 heterocycles. The number of halogens is 2. The van der Waals surface area contributed by atoms with Crippen molar-refractivity contribution in [2.24, 2.45) is 0 Å². The summed E-state index contributed by atoms with van der Waals surface area (Å²) >= 11 is 0. The predicted molar refractivity (Wildman–Crippen MR) is 360 cm³/mol. The molecular weight excluding hydrogens is 1160 g/mol. The lowest BCUT2D eigenvalue weighted by atomic mass is 10.2. The number of phenols is 1. The molecule has 0 aliphatic carbocycles. The van der Waals surface area contributed by atoms with Crippen molar-refractivity contribution in [3.63, 3.8) is 0 Å². The molecule has 0 radical (unpaired) electrons. The van der Waals surface area contributed by atoms with Crippen LogP contribution in [0.15, 0.2) is 247 Å². The van der Waals surface area contributed by atoms with Gasteiger partial charge in [0, 0.05) is 61.5 Å². The Morgan fingerprint density at radius 3 is 1.48 bits per heavy atom. The maximum absolute atomic E-state index is 12.2. The molecule has 0 saturated carbocycles. The molecule has 0 spiro atoms. The number of aromatic hydroxyl groups is 1. The number of nitro benzene ring substituents is 1. The van der Waals surface area contributed by atoms with Crippen LogP contribution in [0.3, 0.4) is 0 Å². The number of esters is 1. The fraction of sp³-hybridized carbons (Fsp3) is 0.176. The van der Waals surface area contributed by atoms with Gasteiger partial charge in [-0.15, -0.1) is 0 Å². The van der Waals surface area contributed by atoms with Gasteiger partial charge >= 0.3 is 5.97 Å². The number of para-hydroxylation sites is 3. The van der Waals surface area contributed by atoms with E-state index in [0.29, 0.717) is 23.0 Å². The zero-order chi connectivity index (χ0) is 68.1. The quantitative estimate of drug-likeness (QED) is 0.0561. The van der Waals surface area contributed by atoms with E-state index >= 15 is 0 Å². The Morgan fingerprint density at radius 2 is 1.09 bits per heavy atom. The largest absolute Gasteiger partial charge is 0.508 e. The van der Waals surface area contributed by atoms with E-state index in [0.717, 1.165) is 51.2 Å². The van der Waals surface area contributed by atoms with E-state index in [1.165, 1.54) is 71.0 Å². The van der Waals surface area contributed by atoms with Gasteiger partial charge in [0.2, 0.25) is 6.39 Å². The average molecular weight is 1240 g/mol. The maximum Gasteiger partial charge on any atom is 0.308 e. The number of aromatic nitrogens is 7. The first kappa shape index (κ1) is 76.6. The van der Waals surface area contributed by atoms with Gasteiger partial charge in [-0.3, -0.25) is 24.9 Å². The Kier molecular flexibility index (Phi) is 37.4. The summed E-state index contributed by atoms with van der Waals surface area (Å²) in [6.45, 7) is 31.3. The van der Waals surface area contributed by atoms with Gasteiger partial charge in [0.05, 0.1) is 23.2 Å². The molecule has 12 rings (SSSR count). The van der Waals surface area contributed by atoms with Crippen molar-refractivity contribution in [3.8, 4) is 11.5 Å². The van der Waals surface area contributed by atoms with Gasteiger partial charge in [-0.1, -0.05) is 160 Å². The smallest absolute Gasteiger partial charge is 0.308 e. The van der Waals surface area contributed by atoms with Crippen LogP contribution in [0.2, 0.25) is 0 Å². The van der Waals surface area contributed by atoms with E-state index in [4.69, 9.17) is 16.4 Å². The van der Waals surface area contributed by atoms with Gasteiger partial charge in [-0.05, 0) is 159 Å². The van der Waals surface area contributed by atoms with E-state index in [-0.39, 0.29) is 11.7 Å². The van der Waals surface area contributed by atoms with Gasteiger partial charge in [-0.25, -0.2) is 23.6 Å². The lowest BCUT2D eigenvalue weighted by Gasteiger charge is -2.02. The Balaban J connectivity index is 0.000000346. The minimum absolute atomic E-state index is 0.144. The molecule has 7 aromatic carbocycles. The van der Waals surface area contributed by atoms with Gasteiger partial charge in [0.1, 0.15) is 23.6 Å². The monoisotopic (exact) mass is 1240 g/mol. The molecule has 5 aromatic heterocycles. The number of phenolic OH excluding ortho intramolecular Hbond substituents is 1. The molecule has 92 heavy (non-hydrogen) atoms. The Labute approximate surface area is 538 Å². The Bertz CT molecular complexity index is 3860. The van der Waals surface area contributed by atoms with Crippen molar-refractivity contribution >= 4 is 28.2 Å². The summed E-state index contributed by atoms with van der Waals surface area (Å²) in [4.78, 5) is 42.9. The third-order valence-corrected chi connectivity index (χ3v) is 11.4. The minimum atomic E-state index is -0.791. The van der Waals surface area contributed by atoms with E-state index in [1.807, 2.05) is 152 Å². The summed E-state index contributed by atoms with van der Waals surface area (Å²) in [7, 11) is 0. The number of carbonyl (C=O) groups is 1. The molecule has 0 aliphatic heterocycles. The van der Waals surface area contributed by atoms with Crippen molar-refractivity contribution in [2.45, 2.75) is 90.0 Å². The van der Waals surface area contributed by atoms with Crippen molar-refractivity contribution < 1.29 is 37.4 Å². The van der Waals surface area contributed by atoms with Gasteiger partial charge in [0.25, 0.3) is 5.69 Å². The third-order valence-electron chi connectivity index (χ3n) is 11.4. The topological polar surface area (TPSA) is 211 Å². The van der Waals surface area contributed by atoms with Crippen LogP contribution in [0.4, 0.5) is 20.2 Å². The van der Waals surface area contributed by atoms with Gasteiger partial charge in [0.15, 0.2) is 23.1 Å². The average Bonchev–Trinajstić information content (AvgIpc) is 2.15. The van der Waals surface area contributed by atoms with Crippen molar-refractivity contribution in [1.29, 1.82) is 0 Å². The normalized spacial score (nSPS) is 9.20. The molecule has 0 saturated heterocycles. The van der Waals surface area contributed by atoms with Crippen LogP contribution in [0.1, 0.15) is 74.1 Å². The highest BCUT2D eigenvalue weighted by molar-refractivity contribution is 5.78. The lowest BCUT2D eigenvalue weighted by molar-refractivity contribution is -0.384. The third kappa shape index (κ3) is 36.6. The highest BCUT2D eigenvalue weighted by Crippen LogP contribution is 2.17. The Morgan fingerprint density at radius 1 is 0.543 bits per heavy atom. The van der Waals surface area contributed by atoms with Gasteiger partial charge in [-0.2, -0.15) is 4.98 Å². The molecule has 0 atom stereocenters. The fourth-order valence-corrected chi connectivity index (χ4v) is 6.42. The van der Waals surface area contributed by atoms with E-state index in [2.05, 4.69) is 106 Å². The standard InChI is InChI=1S/C10H9N.C9H10O2.C8H7N.C8H10.C7H6F2.C7H7NO2.C7H8O.C6H7N.C5H6N2.C4H5NO.C3H4N2O/c1-8-6-9-4-2-3-5-10(9)11-7-8;1-7-5-3-4-6-9(7)11-8(2)10;1-7-3-5-8(9-2)6-4-7;1-7-3-5-8(2)6-4-7;1-5-2-3-6(8)7(9)4-5;1-6-2-4-7(5-3-6)8(9)10;1-6-4-2-3-5-7(6)8;1-6-3-2-4-7-5-6;1-5-2-6-4-7-3-5;1-4-2-3-5-6-4;1-3-4-2-6-5-3/h2-7H,1H3;3-6H,1-2H3;3-6H,1H3;3-6H,1-2H3;2-4H,1H3;2-5H,1H3;2-5,8H,1H3;2-5H,1H3;2-4H,1H3;2-3H,1H3;2H,1H3. The number of hydrogen-bond donors (Lipinski definition) is 1. The first-order valence-electron chi connectivity index (χ1n) is 28.5. The number of benzene rings is 7. The predicted octanol–water partition coefficient (Wildman–Crippen LogP) is 18.7. The number of ether oxygens (including phenoxy) is 1. The molecule has 0 aliphatic rings. The summed E-state index contributed by atoms with van der Waals surface area (Å²) in [5.41, 5.74) is 13.0. The molecule has 12 aromatic rings. The number of non-ortho nitro benzene ring substituents is 1. The number of nitrogens with zero attached hydrogens (tertiary/aromatic N) is 9.